The van der Waals surface area contributed by atoms with Crippen LogP contribution in [-0.4, -0.2) is 28.8 Å². The molecular formula is C20H37NO4. The van der Waals surface area contributed by atoms with Crippen LogP contribution in [0.2, 0.25) is 0 Å². The van der Waals surface area contributed by atoms with Gasteiger partial charge in [0, 0.05) is 17.3 Å². The van der Waals surface area contributed by atoms with Gasteiger partial charge in [-0.05, 0) is 24.7 Å². The number of ketones is 1. The maximum absolute atomic E-state index is 12.5. The summed E-state index contributed by atoms with van der Waals surface area (Å²) in [6.45, 7) is 15.6. The summed E-state index contributed by atoms with van der Waals surface area (Å²) in [7, 11) is 0. The van der Waals surface area contributed by atoms with Crippen LogP contribution in [-0.2, 0) is 14.4 Å². The lowest BCUT2D eigenvalue weighted by Gasteiger charge is -2.32. The SMILES string of the molecule is CCCC(C)(C)C(=O)CC[C@H](NC(=O)C(C)(C)CC(C)(C)C)C(=O)O. The molecule has 1 atom stereocenters. The predicted molar refractivity (Wildman–Crippen MR) is 100 cm³/mol. The third-order valence-corrected chi connectivity index (χ3v) is 4.48. The zero-order valence-electron chi connectivity index (χ0n) is 17.3. The van der Waals surface area contributed by atoms with E-state index in [9.17, 15) is 19.5 Å². The molecule has 0 heterocycles. The van der Waals surface area contributed by atoms with E-state index >= 15 is 0 Å². The number of aliphatic carboxylic acids is 1. The van der Waals surface area contributed by atoms with E-state index in [4.69, 9.17) is 0 Å². The maximum Gasteiger partial charge on any atom is 0.326 e. The molecule has 0 aromatic carbocycles. The van der Waals surface area contributed by atoms with E-state index in [0.29, 0.717) is 6.42 Å². The summed E-state index contributed by atoms with van der Waals surface area (Å²) in [5.74, 6) is -1.33. The van der Waals surface area contributed by atoms with E-state index in [0.717, 1.165) is 12.8 Å². The Morgan fingerprint density at radius 1 is 0.960 bits per heavy atom. The highest BCUT2D eigenvalue weighted by Gasteiger charge is 2.35. The lowest BCUT2D eigenvalue weighted by atomic mass is 9.75. The van der Waals surface area contributed by atoms with Crippen LogP contribution in [0.25, 0.3) is 0 Å². The van der Waals surface area contributed by atoms with Crippen molar-refractivity contribution in [2.45, 2.75) is 93.5 Å². The minimum atomic E-state index is -1.10. The smallest absolute Gasteiger partial charge is 0.326 e. The molecule has 0 fully saturated rings. The average Bonchev–Trinajstić information content (AvgIpc) is 2.39. The van der Waals surface area contributed by atoms with Crippen LogP contribution >= 0.6 is 0 Å². The standard InChI is InChI=1S/C20H37NO4/c1-9-12-19(5,6)15(22)11-10-14(16(23)24)21-17(25)20(7,8)13-18(2,3)4/h14H,9-13H2,1-8H3,(H,21,25)(H,23,24)/t14-/m0/s1. The van der Waals surface area contributed by atoms with Crippen LogP contribution in [0.4, 0.5) is 0 Å². The third-order valence-electron chi connectivity index (χ3n) is 4.48. The van der Waals surface area contributed by atoms with Crippen molar-refractivity contribution in [3.8, 4) is 0 Å². The van der Waals surface area contributed by atoms with Crippen LogP contribution in [0.5, 0.6) is 0 Å². The summed E-state index contributed by atoms with van der Waals surface area (Å²) in [4.78, 5) is 36.4. The van der Waals surface area contributed by atoms with E-state index in [2.05, 4.69) is 5.32 Å². The van der Waals surface area contributed by atoms with Crippen LogP contribution in [0, 0.1) is 16.2 Å². The van der Waals surface area contributed by atoms with Crippen LogP contribution in [0.1, 0.15) is 87.5 Å². The predicted octanol–water partition coefficient (Wildman–Crippen LogP) is 4.19. The summed E-state index contributed by atoms with van der Waals surface area (Å²) < 4.78 is 0. The van der Waals surface area contributed by atoms with Crippen molar-refractivity contribution >= 4 is 17.7 Å². The fourth-order valence-corrected chi connectivity index (χ4v) is 3.40. The van der Waals surface area contributed by atoms with Gasteiger partial charge >= 0.3 is 5.97 Å². The van der Waals surface area contributed by atoms with Gasteiger partial charge in [0.15, 0.2) is 0 Å². The molecule has 0 aliphatic heterocycles. The second-order valence-corrected chi connectivity index (χ2v) is 9.58. The van der Waals surface area contributed by atoms with Crippen LogP contribution in [0.3, 0.4) is 0 Å². The molecule has 25 heavy (non-hydrogen) atoms. The number of rotatable bonds is 10. The number of carbonyl (C=O) groups excluding carboxylic acids is 2. The molecule has 5 nitrogen and oxygen atoms in total. The van der Waals surface area contributed by atoms with Gasteiger partial charge in [-0.3, -0.25) is 9.59 Å². The normalized spacial score (nSPS) is 14.1. The quantitative estimate of drug-likeness (QED) is 0.615. The van der Waals surface area contributed by atoms with Crippen molar-refractivity contribution < 1.29 is 19.5 Å². The van der Waals surface area contributed by atoms with Gasteiger partial charge < -0.3 is 10.4 Å². The molecular weight excluding hydrogens is 318 g/mol. The van der Waals surface area contributed by atoms with Crippen molar-refractivity contribution in [3.63, 3.8) is 0 Å². The number of hydrogen-bond donors (Lipinski definition) is 2. The highest BCUT2D eigenvalue weighted by molar-refractivity contribution is 5.88. The molecule has 1 amide bonds. The van der Waals surface area contributed by atoms with Gasteiger partial charge in [0.05, 0.1) is 0 Å². The molecule has 0 aliphatic carbocycles. The van der Waals surface area contributed by atoms with Crippen LogP contribution < -0.4 is 5.32 Å². The highest BCUT2D eigenvalue weighted by Crippen LogP contribution is 2.33. The summed E-state index contributed by atoms with van der Waals surface area (Å²) in [6.07, 6.45) is 2.59. The lowest BCUT2D eigenvalue weighted by Crippen LogP contribution is -2.48. The maximum atomic E-state index is 12.5. The van der Waals surface area contributed by atoms with Gasteiger partial charge in [-0.15, -0.1) is 0 Å². The largest absolute Gasteiger partial charge is 0.480 e. The number of hydrogen-bond acceptors (Lipinski definition) is 3. The molecule has 0 aliphatic rings. The molecule has 0 saturated heterocycles. The zero-order chi connectivity index (χ0) is 20.1. The monoisotopic (exact) mass is 355 g/mol. The number of nitrogens with one attached hydrogen (secondary N) is 1. The van der Waals surface area contributed by atoms with Crippen molar-refractivity contribution in [1.82, 2.24) is 5.32 Å². The fraction of sp³-hybridized carbons (Fsp3) is 0.850. The Balaban J connectivity index is 4.90. The number of carbonyl (C=O) groups is 3. The molecule has 2 N–H and O–H groups in total. The minimum absolute atomic E-state index is 0.0420. The van der Waals surface area contributed by atoms with E-state index in [1.165, 1.54) is 0 Å². The molecule has 0 radical (unpaired) electrons. The number of carboxylic acids is 1. The Morgan fingerprint density at radius 2 is 1.48 bits per heavy atom. The number of amides is 1. The third kappa shape index (κ3) is 8.50. The lowest BCUT2D eigenvalue weighted by molar-refractivity contribution is -0.144. The second kappa shape index (κ2) is 8.81. The molecule has 146 valence electrons. The molecule has 0 aromatic heterocycles. The Morgan fingerprint density at radius 3 is 1.88 bits per heavy atom. The van der Waals surface area contributed by atoms with E-state index in [1.54, 1.807) is 0 Å². The fourth-order valence-electron chi connectivity index (χ4n) is 3.40. The Bertz CT molecular complexity index is 486. The van der Waals surface area contributed by atoms with Gasteiger partial charge in [-0.25, -0.2) is 4.79 Å². The topological polar surface area (TPSA) is 83.5 Å². The molecule has 0 rings (SSSR count). The summed E-state index contributed by atoms with van der Waals surface area (Å²) in [6, 6.07) is -1.03. The Labute approximate surface area is 153 Å². The first kappa shape index (κ1) is 23.6. The van der Waals surface area contributed by atoms with Gasteiger partial charge in [0.25, 0.3) is 0 Å². The molecule has 0 spiro atoms. The number of Topliss-reactive ketones (excluding diaryl/α,β-unsaturated/α-hetero) is 1. The Kier molecular flexibility index (Phi) is 8.32. The van der Waals surface area contributed by atoms with E-state index in [-0.39, 0.29) is 29.9 Å². The first-order chi connectivity index (χ1) is 11.1. The van der Waals surface area contributed by atoms with Gasteiger partial charge in [-0.1, -0.05) is 61.8 Å². The summed E-state index contributed by atoms with van der Waals surface area (Å²) in [5.41, 5.74) is -1.16. The summed E-state index contributed by atoms with van der Waals surface area (Å²) in [5, 5.41) is 12.0. The molecule has 0 unspecified atom stereocenters. The van der Waals surface area contributed by atoms with Crippen molar-refractivity contribution in [2.75, 3.05) is 0 Å². The molecule has 0 aromatic rings. The number of carboxylic acid groups (broad SMARTS) is 1. The second-order valence-electron chi connectivity index (χ2n) is 9.58. The molecule has 5 heteroatoms. The minimum Gasteiger partial charge on any atom is -0.480 e. The Hall–Kier alpha value is -1.39. The van der Waals surface area contributed by atoms with Gasteiger partial charge in [-0.2, -0.15) is 0 Å². The van der Waals surface area contributed by atoms with Crippen LogP contribution in [0.15, 0.2) is 0 Å². The highest BCUT2D eigenvalue weighted by atomic mass is 16.4. The van der Waals surface area contributed by atoms with Crippen molar-refractivity contribution in [3.05, 3.63) is 0 Å². The molecule has 0 saturated carbocycles. The first-order valence-corrected chi connectivity index (χ1v) is 9.19. The molecule has 0 bridgehead atoms. The first-order valence-electron chi connectivity index (χ1n) is 9.19. The van der Waals surface area contributed by atoms with Gasteiger partial charge in [0.1, 0.15) is 11.8 Å². The average molecular weight is 356 g/mol. The zero-order valence-corrected chi connectivity index (χ0v) is 17.3. The van der Waals surface area contributed by atoms with Crippen molar-refractivity contribution in [2.24, 2.45) is 16.2 Å². The summed E-state index contributed by atoms with van der Waals surface area (Å²) >= 11 is 0. The van der Waals surface area contributed by atoms with Crippen molar-refractivity contribution in [1.29, 1.82) is 0 Å². The van der Waals surface area contributed by atoms with Gasteiger partial charge in [0.2, 0.25) is 5.91 Å². The van der Waals surface area contributed by atoms with E-state index in [1.807, 2.05) is 55.4 Å². The van der Waals surface area contributed by atoms with E-state index < -0.39 is 22.8 Å².